The fraction of sp³-hybridized carbons (Fsp3) is 0. The van der Waals surface area contributed by atoms with E-state index >= 15 is 0 Å². The van der Waals surface area contributed by atoms with Crippen molar-refractivity contribution in [1.82, 2.24) is 0 Å². The highest BCUT2D eigenvalue weighted by Gasteiger charge is 2.22. The fourth-order valence-corrected chi connectivity index (χ4v) is 5.64. The zero-order valence-electron chi connectivity index (χ0n) is 17.9. The smallest absolute Gasteiger partial charge is 0.271 e. The van der Waals surface area contributed by atoms with Crippen molar-refractivity contribution >= 4 is 78.1 Å². The summed E-state index contributed by atoms with van der Waals surface area (Å²) in [7, 11) is -4.14. The van der Waals surface area contributed by atoms with Crippen LogP contribution >= 0.6 is 34.8 Å². The third-order valence-electron chi connectivity index (χ3n) is 5.27. The first-order chi connectivity index (χ1) is 17.1. The van der Waals surface area contributed by atoms with Gasteiger partial charge in [0.25, 0.3) is 15.7 Å². The van der Waals surface area contributed by atoms with Crippen LogP contribution in [0.15, 0.2) is 82.1 Å². The molecule has 0 aliphatic carbocycles. The van der Waals surface area contributed by atoms with Crippen molar-refractivity contribution in [1.29, 1.82) is 0 Å². The molecule has 1 heterocycles. The van der Waals surface area contributed by atoms with Crippen molar-refractivity contribution in [3.8, 4) is 11.5 Å². The number of para-hydroxylation sites is 2. The van der Waals surface area contributed by atoms with E-state index in [2.05, 4.69) is 4.72 Å². The number of anilines is 1. The maximum atomic E-state index is 13.2. The van der Waals surface area contributed by atoms with Gasteiger partial charge < -0.3 is 9.15 Å². The molecular formula is C24H13Cl3N2O6S. The fourth-order valence-electron chi connectivity index (χ4n) is 3.62. The van der Waals surface area contributed by atoms with Crippen molar-refractivity contribution in [2.75, 3.05) is 4.72 Å². The van der Waals surface area contributed by atoms with E-state index in [4.69, 9.17) is 44.0 Å². The Morgan fingerprint density at radius 1 is 0.861 bits per heavy atom. The van der Waals surface area contributed by atoms with Crippen LogP contribution in [0.4, 0.5) is 11.4 Å². The average Bonchev–Trinajstić information content (AvgIpc) is 3.22. The van der Waals surface area contributed by atoms with E-state index in [0.717, 1.165) is 16.8 Å². The number of halogens is 3. The van der Waals surface area contributed by atoms with Crippen molar-refractivity contribution in [3.05, 3.63) is 98.0 Å². The van der Waals surface area contributed by atoms with Gasteiger partial charge in [-0.05, 0) is 30.3 Å². The third kappa shape index (κ3) is 4.42. The van der Waals surface area contributed by atoms with Gasteiger partial charge in [0.2, 0.25) is 0 Å². The second-order valence-electron chi connectivity index (χ2n) is 7.58. The van der Waals surface area contributed by atoms with E-state index in [1.165, 1.54) is 24.3 Å². The molecule has 36 heavy (non-hydrogen) atoms. The Kier molecular flexibility index (Phi) is 6.17. The lowest BCUT2D eigenvalue weighted by Crippen LogP contribution is -2.13. The summed E-state index contributed by atoms with van der Waals surface area (Å²) in [5.74, 6) is -0.0104. The van der Waals surface area contributed by atoms with Crippen molar-refractivity contribution in [3.63, 3.8) is 0 Å². The Hall–Kier alpha value is -3.50. The van der Waals surface area contributed by atoms with Crippen LogP contribution in [0, 0.1) is 10.1 Å². The highest BCUT2D eigenvalue weighted by Crippen LogP contribution is 2.42. The number of nitro groups is 1. The first kappa shape index (κ1) is 24.2. The molecule has 12 heteroatoms. The molecule has 0 aliphatic rings. The Balaban J connectivity index is 1.48. The molecule has 0 spiro atoms. The van der Waals surface area contributed by atoms with Crippen LogP contribution in [0.25, 0.3) is 21.9 Å². The van der Waals surface area contributed by atoms with E-state index in [1.54, 1.807) is 18.2 Å². The van der Waals surface area contributed by atoms with E-state index in [-0.39, 0.29) is 42.8 Å². The van der Waals surface area contributed by atoms with Gasteiger partial charge in [0, 0.05) is 22.9 Å². The number of benzene rings is 4. The molecular weight excluding hydrogens is 551 g/mol. The number of furan rings is 1. The van der Waals surface area contributed by atoms with Crippen LogP contribution < -0.4 is 9.46 Å². The van der Waals surface area contributed by atoms with Gasteiger partial charge in [-0.25, -0.2) is 8.42 Å². The number of nitrogens with zero attached hydrogens (tertiary/aromatic N) is 1. The zero-order valence-corrected chi connectivity index (χ0v) is 21.0. The molecule has 0 saturated heterocycles. The summed E-state index contributed by atoms with van der Waals surface area (Å²) in [6.45, 7) is 0. The monoisotopic (exact) mass is 562 g/mol. The number of nitrogens with one attached hydrogen (secondary N) is 1. The summed E-state index contributed by atoms with van der Waals surface area (Å²) in [6, 6.07) is 18.4. The molecule has 0 fully saturated rings. The molecule has 0 radical (unpaired) electrons. The lowest BCUT2D eigenvalue weighted by molar-refractivity contribution is -0.384. The molecule has 5 rings (SSSR count). The van der Waals surface area contributed by atoms with Crippen LogP contribution in [0.3, 0.4) is 0 Å². The highest BCUT2D eigenvalue weighted by molar-refractivity contribution is 7.92. The minimum Gasteiger partial charge on any atom is -0.454 e. The van der Waals surface area contributed by atoms with E-state index in [1.807, 2.05) is 24.3 Å². The number of rotatable bonds is 6. The number of fused-ring (bicyclic) bond motifs is 3. The SMILES string of the molecule is O=[N+]([O-])c1ccc(Oc2c(Cl)cc(S(=O)(=O)Nc3cccc4c3oc3ccccc34)cc2Cl)c(Cl)c1. The molecule has 1 aromatic heterocycles. The lowest BCUT2D eigenvalue weighted by atomic mass is 10.1. The third-order valence-corrected chi connectivity index (χ3v) is 7.47. The van der Waals surface area contributed by atoms with E-state index in [9.17, 15) is 18.5 Å². The quantitative estimate of drug-likeness (QED) is 0.165. The number of nitro benzene ring substituents is 1. The lowest BCUT2D eigenvalue weighted by Gasteiger charge is -2.14. The Labute approximate surface area is 219 Å². The normalized spacial score (nSPS) is 11.6. The molecule has 0 atom stereocenters. The standard InChI is InChI=1S/C24H13Cl3N2O6S/c25-17-10-13(29(30)31)8-9-22(17)35-24-18(26)11-14(12-19(24)27)36(32,33)28-20-6-3-5-16-15-4-1-2-7-21(15)34-23(16)20/h1-12,28H. The largest absolute Gasteiger partial charge is 0.454 e. The molecule has 5 aromatic rings. The van der Waals surface area contributed by atoms with E-state index in [0.29, 0.717) is 11.2 Å². The summed E-state index contributed by atoms with van der Waals surface area (Å²) >= 11 is 18.7. The molecule has 0 amide bonds. The van der Waals surface area contributed by atoms with Gasteiger partial charge >= 0.3 is 0 Å². The molecule has 8 nitrogen and oxygen atoms in total. The van der Waals surface area contributed by atoms with Gasteiger partial charge in [-0.15, -0.1) is 0 Å². The summed E-state index contributed by atoms with van der Waals surface area (Å²) in [5.41, 5.74) is 1.02. The van der Waals surface area contributed by atoms with Crippen molar-refractivity contribution < 1.29 is 22.5 Å². The van der Waals surface area contributed by atoms with Gasteiger partial charge in [0.15, 0.2) is 11.3 Å². The minimum atomic E-state index is -4.14. The van der Waals surface area contributed by atoms with Crippen LogP contribution in [0.2, 0.25) is 15.1 Å². The molecule has 182 valence electrons. The molecule has 0 aliphatic heterocycles. The van der Waals surface area contributed by atoms with Crippen molar-refractivity contribution in [2.24, 2.45) is 0 Å². The van der Waals surface area contributed by atoms with Gasteiger partial charge in [0.05, 0.1) is 30.6 Å². The highest BCUT2D eigenvalue weighted by atomic mass is 35.5. The first-order valence-corrected chi connectivity index (χ1v) is 12.8. The van der Waals surface area contributed by atoms with Crippen LogP contribution in [-0.4, -0.2) is 13.3 Å². The molecule has 4 aromatic carbocycles. The molecule has 0 saturated carbocycles. The molecule has 0 bridgehead atoms. The summed E-state index contributed by atoms with van der Waals surface area (Å²) in [6.07, 6.45) is 0. The predicted molar refractivity (Wildman–Crippen MR) is 139 cm³/mol. The summed E-state index contributed by atoms with van der Waals surface area (Å²) < 4.78 is 40.4. The van der Waals surface area contributed by atoms with Crippen LogP contribution in [0.5, 0.6) is 11.5 Å². The first-order valence-electron chi connectivity index (χ1n) is 10.2. The maximum Gasteiger partial charge on any atom is 0.271 e. The summed E-state index contributed by atoms with van der Waals surface area (Å²) in [5, 5.41) is 12.2. The van der Waals surface area contributed by atoms with Crippen molar-refractivity contribution in [2.45, 2.75) is 4.90 Å². The number of ether oxygens (including phenoxy) is 1. The topological polar surface area (TPSA) is 112 Å². The van der Waals surface area contributed by atoms with Gasteiger partial charge in [0.1, 0.15) is 11.3 Å². The second-order valence-corrected chi connectivity index (χ2v) is 10.5. The Bertz CT molecular complexity index is 1760. The van der Waals surface area contributed by atoms with E-state index < -0.39 is 14.9 Å². The van der Waals surface area contributed by atoms with Gasteiger partial charge in [-0.1, -0.05) is 65.1 Å². The second kappa shape index (κ2) is 9.18. The molecule has 1 N–H and O–H groups in total. The minimum absolute atomic E-state index is 0.0476. The van der Waals surface area contributed by atoms with Gasteiger partial charge in [-0.2, -0.15) is 0 Å². The van der Waals surface area contributed by atoms with Crippen LogP contribution in [0.1, 0.15) is 0 Å². The zero-order chi connectivity index (χ0) is 25.6. The number of hydrogen-bond donors (Lipinski definition) is 1. The molecule has 0 unspecified atom stereocenters. The predicted octanol–water partition coefficient (Wildman–Crippen LogP) is 8.05. The Morgan fingerprint density at radius 2 is 1.56 bits per heavy atom. The number of non-ortho nitro benzene ring substituents is 1. The summed E-state index contributed by atoms with van der Waals surface area (Å²) in [4.78, 5) is 10.1. The number of hydrogen-bond acceptors (Lipinski definition) is 6. The number of sulfonamides is 1. The van der Waals surface area contributed by atoms with Gasteiger partial charge in [-0.3, -0.25) is 14.8 Å². The average molecular weight is 564 g/mol. The Morgan fingerprint density at radius 3 is 2.25 bits per heavy atom. The maximum absolute atomic E-state index is 13.2. The van der Waals surface area contributed by atoms with Crippen LogP contribution in [-0.2, 0) is 10.0 Å².